The lowest BCUT2D eigenvalue weighted by Gasteiger charge is -2.38. The number of hydrogen-bond acceptors (Lipinski definition) is 6. The van der Waals surface area contributed by atoms with Gasteiger partial charge in [0, 0.05) is 16.5 Å². The fraction of sp³-hybridized carbons (Fsp3) is 0.207. The van der Waals surface area contributed by atoms with Crippen LogP contribution in [0.4, 0.5) is 5.69 Å². The van der Waals surface area contributed by atoms with Gasteiger partial charge in [0.25, 0.3) is 0 Å². The molecule has 184 valence electrons. The number of hydrogen-bond donors (Lipinski definition) is 0. The zero-order chi connectivity index (χ0) is 25.4. The summed E-state index contributed by atoms with van der Waals surface area (Å²) in [5.74, 6) is -2.72. The highest BCUT2D eigenvalue weighted by Crippen LogP contribution is 2.55. The number of amides is 2. The summed E-state index contributed by atoms with van der Waals surface area (Å²) in [6, 6.07) is 17.7. The molecule has 0 spiro atoms. The number of carbonyl (C=O) groups excluding carboxylic acids is 3. The molecule has 0 saturated carbocycles. The second-order valence-electron chi connectivity index (χ2n) is 9.70. The van der Waals surface area contributed by atoms with Crippen LogP contribution in [0.2, 0.25) is 5.02 Å². The molecule has 3 aromatic carbocycles. The van der Waals surface area contributed by atoms with Crippen molar-refractivity contribution in [1.82, 2.24) is 0 Å². The number of benzene rings is 3. The Morgan fingerprint density at radius 3 is 2.41 bits per heavy atom. The van der Waals surface area contributed by atoms with Gasteiger partial charge < -0.3 is 14.2 Å². The van der Waals surface area contributed by atoms with Crippen molar-refractivity contribution < 1.29 is 28.6 Å². The van der Waals surface area contributed by atoms with Gasteiger partial charge in [-0.2, -0.15) is 0 Å². The van der Waals surface area contributed by atoms with Crippen molar-refractivity contribution in [3.63, 3.8) is 0 Å². The number of ether oxygens (including phenoxy) is 3. The van der Waals surface area contributed by atoms with E-state index in [0.29, 0.717) is 33.5 Å². The molecule has 37 heavy (non-hydrogen) atoms. The smallest absolute Gasteiger partial charge is 0.319 e. The summed E-state index contributed by atoms with van der Waals surface area (Å²) in [5, 5.41) is 0.491. The molecule has 0 radical (unpaired) electrons. The Kier molecular flexibility index (Phi) is 4.75. The maximum atomic E-state index is 14.0. The van der Waals surface area contributed by atoms with Crippen molar-refractivity contribution in [1.29, 1.82) is 0 Å². The number of esters is 1. The van der Waals surface area contributed by atoms with E-state index in [4.69, 9.17) is 25.8 Å². The van der Waals surface area contributed by atoms with Crippen LogP contribution in [0.1, 0.15) is 22.6 Å². The lowest BCUT2D eigenvalue weighted by molar-refractivity contribution is -0.142. The Bertz CT molecular complexity index is 1540. The summed E-state index contributed by atoms with van der Waals surface area (Å²) in [7, 11) is 0. The highest BCUT2D eigenvalue weighted by molar-refractivity contribution is 6.31. The molecule has 1 saturated heterocycles. The van der Waals surface area contributed by atoms with E-state index >= 15 is 0 Å². The first-order valence-corrected chi connectivity index (χ1v) is 12.4. The third-order valence-corrected chi connectivity index (χ3v) is 7.87. The van der Waals surface area contributed by atoms with Gasteiger partial charge in [-0.15, -0.1) is 0 Å². The van der Waals surface area contributed by atoms with Crippen molar-refractivity contribution >= 4 is 40.6 Å². The van der Waals surface area contributed by atoms with Crippen LogP contribution in [0.3, 0.4) is 0 Å². The molecular formula is C29H20ClNO6. The van der Waals surface area contributed by atoms with E-state index in [0.717, 1.165) is 16.7 Å². The Morgan fingerprint density at radius 2 is 1.59 bits per heavy atom. The van der Waals surface area contributed by atoms with Gasteiger partial charge in [0.2, 0.25) is 18.6 Å². The molecule has 1 fully saturated rings. The molecule has 1 aliphatic carbocycles. The topological polar surface area (TPSA) is 82.1 Å². The van der Waals surface area contributed by atoms with Crippen LogP contribution in [0.15, 0.2) is 66.7 Å². The summed E-state index contributed by atoms with van der Waals surface area (Å²) in [4.78, 5) is 42.5. The Hall–Kier alpha value is -4.10. The van der Waals surface area contributed by atoms with Crippen LogP contribution in [0.5, 0.6) is 17.2 Å². The number of rotatable bonds is 2. The number of fused-ring (bicyclic) bond motifs is 6. The van der Waals surface area contributed by atoms with E-state index in [1.807, 2.05) is 49.4 Å². The van der Waals surface area contributed by atoms with E-state index in [9.17, 15) is 14.4 Å². The molecule has 3 aliphatic heterocycles. The number of imide groups is 1. The zero-order valence-electron chi connectivity index (χ0n) is 19.6. The number of allylic oxidation sites excluding steroid dienone is 1. The molecule has 0 unspecified atom stereocenters. The van der Waals surface area contributed by atoms with Crippen LogP contribution in [0.25, 0.3) is 5.57 Å². The van der Waals surface area contributed by atoms with Crippen molar-refractivity contribution in [2.24, 2.45) is 17.8 Å². The van der Waals surface area contributed by atoms with Crippen molar-refractivity contribution in [2.45, 2.75) is 12.8 Å². The average Bonchev–Trinajstić information content (AvgIpc) is 3.46. The van der Waals surface area contributed by atoms with Gasteiger partial charge >= 0.3 is 5.97 Å². The predicted octanol–water partition coefficient (Wildman–Crippen LogP) is 4.90. The lowest BCUT2D eigenvalue weighted by atomic mass is 9.64. The minimum Gasteiger partial charge on any atom is -0.454 e. The summed E-state index contributed by atoms with van der Waals surface area (Å²) >= 11 is 6.05. The summed E-state index contributed by atoms with van der Waals surface area (Å²) in [6.45, 7) is 2.04. The number of halogens is 1. The minimum absolute atomic E-state index is 0.124. The molecule has 8 heteroatoms. The molecular weight excluding hydrogens is 494 g/mol. The minimum atomic E-state index is -0.916. The van der Waals surface area contributed by atoms with Crippen LogP contribution in [-0.2, 0) is 14.4 Å². The third kappa shape index (κ3) is 3.23. The summed E-state index contributed by atoms with van der Waals surface area (Å²) in [6.07, 6.45) is 1.95. The van der Waals surface area contributed by atoms with Gasteiger partial charge in [0.05, 0.1) is 23.4 Å². The van der Waals surface area contributed by atoms with E-state index in [1.54, 1.807) is 24.3 Å². The maximum absolute atomic E-state index is 14.0. The fourth-order valence-electron chi connectivity index (χ4n) is 5.96. The van der Waals surface area contributed by atoms with E-state index in [2.05, 4.69) is 0 Å². The molecule has 7 rings (SSSR count). The standard InChI is InChI=1S/C29H20ClNO6/c1-14-2-8-18-20-12-19(15-3-9-21-23(11-15)36-13-35-21)24-26(25(20)29(34)37-22(18)10-14)28(33)31(27(24)32)17-6-4-16(30)5-7-17/h2-12,19,24-26H,13H2,1H3/t19-,24-,25-,26-/m1/s1. The summed E-state index contributed by atoms with van der Waals surface area (Å²) in [5.41, 5.74) is 3.63. The van der Waals surface area contributed by atoms with Gasteiger partial charge in [-0.3, -0.25) is 14.4 Å². The third-order valence-electron chi connectivity index (χ3n) is 7.62. The Balaban J connectivity index is 1.42. The SMILES string of the molecule is Cc1ccc2c(c1)OC(=O)[C@@H]1C2=C[C@H](c2ccc3c(c2)OCO3)[C@H]2C(=O)N(c3ccc(Cl)cc3)C(=O)[C@@H]12. The highest BCUT2D eigenvalue weighted by atomic mass is 35.5. The molecule has 7 nitrogen and oxygen atoms in total. The molecule has 0 bridgehead atoms. The molecule has 4 aliphatic rings. The molecule has 2 amide bonds. The molecule has 3 heterocycles. The second-order valence-corrected chi connectivity index (χ2v) is 10.1. The van der Waals surface area contributed by atoms with Crippen LogP contribution in [-0.4, -0.2) is 24.6 Å². The quantitative estimate of drug-likeness (QED) is 0.275. The van der Waals surface area contributed by atoms with E-state index < -0.39 is 35.5 Å². The number of anilines is 1. The number of carbonyl (C=O) groups is 3. The van der Waals surface area contributed by atoms with Crippen molar-refractivity contribution in [2.75, 3.05) is 11.7 Å². The van der Waals surface area contributed by atoms with Gasteiger partial charge in [0.15, 0.2) is 11.5 Å². The van der Waals surface area contributed by atoms with Crippen LogP contribution in [0, 0.1) is 24.7 Å². The maximum Gasteiger partial charge on any atom is 0.319 e. The normalized spacial score (nSPS) is 25.3. The van der Waals surface area contributed by atoms with Gasteiger partial charge in [-0.1, -0.05) is 35.9 Å². The monoisotopic (exact) mass is 513 g/mol. The average molecular weight is 514 g/mol. The zero-order valence-corrected chi connectivity index (χ0v) is 20.4. The van der Waals surface area contributed by atoms with Gasteiger partial charge in [-0.25, -0.2) is 4.90 Å². The molecule has 0 aromatic heterocycles. The number of nitrogens with zero attached hydrogens (tertiary/aromatic N) is 1. The first-order valence-electron chi connectivity index (χ1n) is 12.0. The van der Waals surface area contributed by atoms with Crippen molar-refractivity contribution in [3.05, 3.63) is 88.5 Å². The molecule has 0 N–H and O–H groups in total. The summed E-state index contributed by atoms with van der Waals surface area (Å²) < 4.78 is 16.8. The predicted molar refractivity (Wildman–Crippen MR) is 135 cm³/mol. The number of aryl methyl sites for hydroxylation is 1. The van der Waals surface area contributed by atoms with Crippen LogP contribution >= 0.6 is 11.6 Å². The molecule has 3 aromatic rings. The van der Waals surface area contributed by atoms with Crippen molar-refractivity contribution in [3.8, 4) is 17.2 Å². The van der Waals surface area contributed by atoms with E-state index in [-0.39, 0.29) is 12.7 Å². The Morgan fingerprint density at radius 1 is 0.838 bits per heavy atom. The van der Waals surface area contributed by atoms with Gasteiger partial charge in [0.1, 0.15) is 5.75 Å². The largest absolute Gasteiger partial charge is 0.454 e. The highest BCUT2D eigenvalue weighted by Gasteiger charge is 2.60. The molecule has 4 atom stereocenters. The fourth-order valence-corrected chi connectivity index (χ4v) is 6.08. The Labute approximate surface area is 217 Å². The first kappa shape index (κ1) is 22.1. The second kappa shape index (κ2) is 7.95. The van der Waals surface area contributed by atoms with Gasteiger partial charge in [-0.05, 0) is 66.1 Å². The van der Waals surface area contributed by atoms with E-state index in [1.165, 1.54) is 4.90 Å². The first-order chi connectivity index (χ1) is 17.9. The lowest BCUT2D eigenvalue weighted by Crippen LogP contribution is -2.42. The van der Waals surface area contributed by atoms with Crippen LogP contribution < -0.4 is 19.1 Å².